The Hall–Kier alpha value is -4.33. The third-order valence-electron chi connectivity index (χ3n) is 4.96. The third-order valence-corrected chi connectivity index (χ3v) is 4.96. The number of nitrogen functional groups attached to an aromatic ring is 1. The van der Waals surface area contributed by atoms with Crippen molar-refractivity contribution in [2.24, 2.45) is 5.73 Å². The maximum absolute atomic E-state index is 12.2. The molecule has 0 saturated carbocycles. The standard InChI is InChI=1S/C22H18N4O4/c1-11-2-7-14(27)10-17(11)26-16-9-8-15(12-3-5-13(6-4-12)22(29)30)25-19(16)18(20(26)23)21(24)28/h2-10,27H,23H2,1H3,(H2,24,28)(H,29,30). The van der Waals surface area contributed by atoms with Gasteiger partial charge in [-0.2, -0.15) is 0 Å². The summed E-state index contributed by atoms with van der Waals surface area (Å²) in [4.78, 5) is 27.8. The predicted octanol–water partition coefficient (Wildman–Crippen LogP) is 3.09. The van der Waals surface area contributed by atoms with Gasteiger partial charge in [0.15, 0.2) is 0 Å². The molecule has 0 unspecified atom stereocenters. The van der Waals surface area contributed by atoms with Crippen LogP contribution in [-0.4, -0.2) is 31.6 Å². The van der Waals surface area contributed by atoms with E-state index in [4.69, 9.17) is 16.6 Å². The summed E-state index contributed by atoms with van der Waals surface area (Å²) >= 11 is 0. The number of carboxylic acids is 1. The minimum Gasteiger partial charge on any atom is -0.508 e. The number of hydrogen-bond acceptors (Lipinski definition) is 5. The van der Waals surface area contributed by atoms with Gasteiger partial charge in [0, 0.05) is 11.6 Å². The van der Waals surface area contributed by atoms with E-state index in [1.54, 1.807) is 47.0 Å². The van der Waals surface area contributed by atoms with Crippen LogP contribution in [0.1, 0.15) is 26.3 Å². The van der Waals surface area contributed by atoms with Crippen LogP contribution in [0.4, 0.5) is 5.82 Å². The van der Waals surface area contributed by atoms with Crippen LogP contribution in [0.25, 0.3) is 28.0 Å². The Labute approximate surface area is 171 Å². The lowest BCUT2D eigenvalue weighted by Crippen LogP contribution is -2.14. The smallest absolute Gasteiger partial charge is 0.335 e. The van der Waals surface area contributed by atoms with Crippen LogP contribution < -0.4 is 11.5 Å². The Kier molecular flexibility index (Phi) is 4.39. The highest BCUT2D eigenvalue weighted by Gasteiger charge is 2.23. The molecule has 0 aliphatic heterocycles. The highest BCUT2D eigenvalue weighted by atomic mass is 16.4. The van der Waals surface area contributed by atoms with E-state index in [9.17, 15) is 14.7 Å². The molecule has 0 aliphatic rings. The highest BCUT2D eigenvalue weighted by molar-refractivity contribution is 6.10. The van der Waals surface area contributed by atoms with Crippen molar-refractivity contribution < 1.29 is 19.8 Å². The number of hydrogen-bond donors (Lipinski definition) is 4. The van der Waals surface area contributed by atoms with Crippen molar-refractivity contribution in [3.8, 4) is 22.7 Å². The maximum Gasteiger partial charge on any atom is 0.335 e. The maximum atomic E-state index is 12.2. The van der Waals surface area contributed by atoms with Gasteiger partial charge in [-0.15, -0.1) is 0 Å². The van der Waals surface area contributed by atoms with E-state index in [-0.39, 0.29) is 22.7 Å². The molecule has 0 radical (unpaired) electrons. The molecule has 4 aromatic rings. The third kappa shape index (κ3) is 3.00. The molecule has 30 heavy (non-hydrogen) atoms. The normalized spacial score (nSPS) is 11.0. The Morgan fingerprint density at radius 2 is 1.73 bits per heavy atom. The number of rotatable bonds is 4. The van der Waals surface area contributed by atoms with Gasteiger partial charge in [-0.25, -0.2) is 9.78 Å². The predicted molar refractivity (Wildman–Crippen MR) is 113 cm³/mol. The summed E-state index contributed by atoms with van der Waals surface area (Å²) in [5.74, 6) is -1.56. The Balaban J connectivity index is 1.96. The Morgan fingerprint density at radius 1 is 1.03 bits per heavy atom. The molecule has 150 valence electrons. The zero-order valence-electron chi connectivity index (χ0n) is 16.0. The van der Waals surface area contributed by atoms with E-state index in [1.807, 2.05) is 6.92 Å². The number of fused-ring (bicyclic) bond motifs is 1. The second-order valence-corrected chi connectivity index (χ2v) is 6.88. The summed E-state index contributed by atoms with van der Waals surface area (Å²) in [6.45, 7) is 1.86. The summed E-state index contributed by atoms with van der Waals surface area (Å²) in [5, 5.41) is 19.0. The molecule has 0 atom stereocenters. The fourth-order valence-electron chi connectivity index (χ4n) is 3.46. The highest BCUT2D eigenvalue weighted by Crippen LogP contribution is 2.34. The van der Waals surface area contributed by atoms with E-state index in [1.165, 1.54) is 12.1 Å². The number of aromatic nitrogens is 2. The number of carbonyl (C=O) groups excluding carboxylic acids is 1. The number of carboxylic acid groups (broad SMARTS) is 1. The summed E-state index contributed by atoms with van der Waals surface area (Å²) in [7, 11) is 0. The van der Waals surface area contributed by atoms with E-state index in [0.29, 0.717) is 28.0 Å². The van der Waals surface area contributed by atoms with Gasteiger partial charge >= 0.3 is 5.97 Å². The number of aromatic carboxylic acids is 1. The lowest BCUT2D eigenvalue weighted by atomic mass is 10.1. The molecule has 2 heterocycles. The van der Waals surface area contributed by atoms with Crippen LogP contribution in [-0.2, 0) is 0 Å². The van der Waals surface area contributed by atoms with E-state index in [2.05, 4.69) is 4.98 Å². The first-order valence-corrected chi connectivity index (χ1v) is 9.02. The quantitative estimate of drug-likeness (QED) is 0.413. The number of aryl methyl sites for hydroxylation is 1. The fraction of sp³-hybridized carbons (Fsp3) is 0.0455. The van der Waals surface area contributed by atoms with Crippen LogP contribution >= 0.6 is 0 Å². The number of nitrogens with two attached hydrogens (primary N) is 2. The second kappa shape index (κ2) is 6.93. The first-order valence-electron chi connectivity index (χ1n) is 9.02. The molecular weight excluding hydrogens is 384 g/mol. The molecule has 2 aromatic heterocycles. The molecule has 6 N–H and O–H groups in total. The van der Waals surface area contributed by atoms with E-state index < -0.39 is 11.9 Å². The van der Waals surface area contributed by atoms with Gasteiger partial charge in [0.25, 0.3) is 5.91 Å². The van der Waals surface area contributed by atoms with Crippen LogP contribution in [0, 0.1) is 6.92 Å². The number of anilines is 1. The van der Waals surface area contributed by atoms with E-state index >= 15 is 0 Å². The molecule has 1 amide bonds. The van der Waals surface area contributed by atoms with Crippen LogP contribution in [0.3, 0.4) is 0 Å². The van der Waals surface area contributed by atoms with Gasteiger partial charge in [0.2, 0.25) is 0 Å². The molecule has 4 rings (SSSR count). The minimum absolute atomic E-state index is 0.0561. The first kappa shape index (κ1) is 19.0. The molecule has 2 aromatic carbocycles. The summed E-state index contributed by atoms with van der Waals surface area (Å²) < 4.78 is 1.63. The second-order valence-electron chi connectivity index (χ2n) is 6.88. The van der Waals surface area contributed by atoms with Gasteiger partial charge in [0.05, 0.1) is 22.5 Å². The van der Waals surface area contributed by atoms with Crippen molar-refractivity contribution in [3.05, 3.63) is 71.3 Å². The Morgan fingerprint density at radius 3 is 2.37 bits per heavy atom. The van der Waals surface area contributed by atoms with Crippen molar-refractivity contribution in [1.82, 2.24) is 9.55 Å². The van der Waals surface area contributed by atoms with Crippen molar-refractivity contribution in [2.45, 2.75) is 6.92 Å². The molecular formula is C22H18N4O4. The number of primary amides is 1. The summed E-state index contributed by atoms with van der Waals surface area (Å²) in [6, 6.07) is 14.6. The zero-order valence-corrected chi connectivity index (χ0v) is 16.0. The van der Waals surface area contributed by atoms with Crippen molar-refractivity contribution >= 4 is 28.7 Å². The van der Waals surface area contributed by atoms with E-state index in [0.717, 1.165) is 5.56 Å². The van der Waals surface area contributed by atoms with Gasteiger partial charge in [-0.3, -0.25) is 9.36 Å². The van der Waals surface area contributed by atoms with Gasteiger partial charge in [0.1, 0.15) is 22.6 Å². The van der Waals surface area contributed by atoms with Crippen molar-refractivity contribution in [2.75, 3.05) is 5.73 Å². The number of amides is 1. The van der Waals surface area contributed by atoms with Crippen LogP contribution in [0.15, 0.2) is 54.6 Å². The average molecular weight is 402 g/mol. The first-order chi connectivity index (χ1) is 14.3. The molecule has 0 spiro atoms. The average Bonchev–Trinajstić information content (AvgIpc) is 3.01. The van der Waals surface area contributed by atoms with Crippen LogP contribution in [0.5, 0.6) is 5.75 Å². The van der Waals surface area contributed by atoms with Crippen LogP contribution in [0.2, 0.25) is 0 Å². The SMILES string of the molecule is Cc1ccc(O)cc1-n1c(N)c(C(N)=O)c2nc(-c3ccc(C(=O)O)cc3)ccc21. The topological polar surface area (TPSA) is 144 Å². The lowest BCUT2D eigenvalue weighted by molar-refractivity contribution is 0.0696. The Bertz CT molecular complexity index is 1320. The van der Waals surface area contributed by atoms with Crippen molar-refractivity contribution in [1.29, 1.82) is 0 Å². The summed E-state index contributed by atoms with van der Waals surface area (Å²) in [6.07, 6.45) is 0. The lowest BCUT2D eigenvalue weighted by Gasteiger charge is -2.12. The van der Waals surface area contributed by atoms with Gasteiger partial charge in [-0.05, 0) is 42.8 Å². The molecule has 0 fully saturated rings. The molecule has 0 bridgehead atoms. The monoisotopic (exact) mass is 402 g/mol. The molecule has 8 heteroatoms. The number of aromatic hydroxyl groups is 1. The number of benzene rings is 2. The van der Waals surface area contributed by atoms with Gasteiger partial charge in [-0.1, -0.05) is 18.2 Å². The number of carbonyl (C=O) groups is 2. The largest absolute Gasteiger partial charge is 0.508 e. The molecule has 0 saturated heterocycles. The summed E-state index contributed by atoms with van der Waals surface area (Å²) in [5.41, 5.74) is 15.6. The zero-order chi connectivity index (χ0) is 21.6. The fourth-order valence-corrected chi connectivity index (χ4v) is 3.46. The number of phenols is 1. The van der Waals surface area contributed by atoms with Crippen molar-refractivity contribution in [3.63, 3.8) is 0 Å². The molecule has 0 aliphatic carbocycles. The number of phenolic OH excluding ortho intramolecular Hbond substituents is 1. The van der Waals surface area contributed by atoms with Gasteiger partial charge < -0.3 is 21.7 Å². The molecule has 8 nitrogen and oxygen atoms in total. The minimum atomic E-state index is -1.02. The number of pyridine rings is 1. The number of nitrogens with zero attached hydrogens (tertiary/aromatic N) is 2.